The van der Waals surface area contributed by atoms with Crippen LogP contribution in [0.4, 0.5) is 0 Å². The van der Waals surface area contributed by atoms with E-state index in [-0.39, 0.29) is 17.7 Å². The Kier molecular flexibility index (Phi) is 2.24. The van der Waals surface area contributed by atoms with Gasteiger partial charge in [-0.15, -0.1) is 0 Å². The third-order valence-corrected chi connectivity index (χ3v) is 5.90. The molecule has 0 saturated carbocycles. The van der Waals surface area contributed by atoms with Gasteiger partial charge >= 0.3 is 8.80 Å². The second-order valence-electron chi connectivity index (χ2n) is 4.09. The molecule has 13 heavy (non-hydrogen) atoms. The number of hydrogen-bond donors (Lipinski definition) is 1. The van der Waals surface area contributed by atoms with Crippen molar-refractivity contribution in [3.05, 3.63) is 0 Å². The zero-order valence-electron chi connectivity index (χ0n) is 8.19. The van der Waals surface area contributed by atoms with Crippen LogP contribution in [0.2, 0.25) is 5.54 Å². The first-order chi connectivity index (χ1) is 6.03. The molecule has 4 nitrogen and oxygen atoms in total. The van der Waals surface area contributed by atoms with Crippen molar-refractivity contribution in [3.8, 4) is 0 Å². The average Bonchev–Trinajstić information content (AvgIpc) is 2.24. The molecule has 0 spiro atoms. The Bertz CT molecular complexity index is 201. The van der Waals surface area contributed by atoms with E-state index in [9.17, 15) is 5.11 Å². The van der Waals surface area contributed by atoms with Crippen LogP contribution in [0.3, 0.4) is 0 Å². The lowest BCUT2D eigenvalue weighted by Crippen LogP contribution is -2.50. The van der Waals surface area contributed by atoms with Crippen molar-refractivity contribution in [2.24, 2.45) is 0 Å². The highest BCUT2D eigenvalue weighted by Gasteiger charge is 2.59. The van der Waals surface area contributed by atoms with Crippen LogP contribution in [0, 0.1) is 0 Å². The minimum absolute atomic E-state index is 0.143. The molecular weight excluding hydrogens is 188 g/mol. The molecule has 0 aromatic carbocycles. The second kappa shape index (κ2) is 3.03. The number of aliphatic hydroxyl groups is 1. The lowest BCUT2D eigenvalue weighted by Gasteiger charge is -2.34. The highest BCUT2D eigenvalue weighted by Crippen LogP contribution is 2.40. The minimum atomic E-state index is -2.54. The van der Waals surface area contributed by atoms with Crippen molar-refractivity contribution in [2.45, 2.75) is 51.2 Å². The number of hydrogen-bond acceptors (Lipinski definition) is 4. The molecule has 2 fully saturated rings. The molecule has 5 heteroatoms. The summed E-state index contributed by atoms with van der Waals surface area (Å²) in [6, 6.07) is 0. The van der Waals surface area contributed by atoms with Crippen LogP contribution < -0.4 is 0 Å². The Hall–Kier alpha value is 0.0569. The molecule has 0 radical (unpaired) electrons. The van der Waals surface area contributed by atoms with Gasteiger partial charge in [0.05, 0.1) is 0 Å². The van der Waals surface area contributed by atoms with Crippen molar-refractivity contribution >= 4 is 8.80 Å². The molecule has 2 heterocycles. The summed E-state index contributed by atoms with van der Waals surface area (Å²) in [4.78, 5) is 0. The summed E-state index contributed by atoms with van der Waals surface area (Å²) in [6.45, 7) is 6.03. The fraction of sp³-hybridized carbons (Fsp3) is 1.00. The molecule has 4 atom stereocenters. The molecule has 76 valence electrons. The van der Waals surface area contributed by atoms with E-state index in [2.05, 4.69) is 0 Å². The smallest absolute Gasteiger partial charge is 0.370 e. The van der Waals surface area contributed by atoms with Crippen molar-refractivity contribution in [1.29, 1.82) is 0 Å². The van der Waals surface area contributed by atoms with E-state index in [1.54, 1.807) is 0 Å². The molecule has 0 aliphatic carbocycles. The third kappa shape index (κ3) is 1.44. The van der Waals surface area contributed by atoms with Crippen molar-refractivity contribution in [2.75, 3.05) is 0 Å². The fourth-order valence-corrected chi connectivity index (χ4v) is 4.59. The summed E-state index contributed by atoms with van der Waals surface area (Å²) in [7, 11) is -2.54. The van der Waals surface area contributed by atoms with Gasteiger partial charge in [-0.2, -0.15) is 0 Å². The van der Waals surface area contributed by atoms with E-state index in [1.165, 1.54) is 0 Å². The summed E-state index contributed by atoms with van der Waals surface area (Å²) in [5, 5.41) is 9.54. The molecule has 2 aliphatic rings. The second-order valence-corrected chi connectivity index (χ2v) is 7.16. The standard InChI is InChI=1S/C8H16O4Si/c1-5(2)13-10-6(3)4-7(11-13)8(9)12-13/h5-9H,4H2,1-3H3. The van der Waals surface area contributed by atoms with Crippen LogP contribution >= 0.6 is 0 Å². The minimum Gasteiger partial charge on any atom is -0.370 e. The third-order valence-electron chi connectivity index (χ3n) is 2.56. The first kappa shape index (κ1) is 9.61. The van der Waals surface area contributed by atoms with Gasteiger partial charge in [0, 0.05) is 18.1 Å². The zero-order chi connectivity index (χ0) is 9.64. The number of aliphatic hydroxyl groups excluding tert-OH is 1. The monoisotopic (exact) mass is 204 g/mol. The summed E-state index contributed by atoms with van der Waals surface area (Å²) in [6.07, 6.45) is -0.0791. The molecule has 0 aromatic heterocycles. The van der Waals surface area contributed by atoms with E-state index in [0.29, 0.717) is 0 Å². The molecule has 2 rings (SSSR count). The van der Waals surface area contributed by atoms with E-state index in [1.807, 2.05) is 20.8 Å². The van der Waals surface area contributed by atoms with Crippen LogP contribution in [-0.2, 0) is 13.3 Å². The molecule has 4 unspecified atom stereocenters. The molecule has 2 bridgehead atoms. The Balaban J connectivity index is 2.20. The van der Waals surface area contributed by atoms with Crippen LogP contribution in [0.1, 0.15) is 27.2 Å². The van der Waals surface area contributed by atoms with Gasteiger partial charge in [0.25, 0.3) is 0 Å². The maximum absolute atomic E-state index is 9.54. The summed E-state index contributed by atoms with van der Waals surface area (Å²) >= 11 is 0. The molecule has 0 aromatic rings. The maximum atomic E-state index is 9.54. The van der Waals surface area contributed by atoms with Crippen LogP contribution in [0.5, 0.6) is 0 Å². The Morgan fingerprint density at radius 3 is 2.62 bits per heavy atom. The topological polar surface area (TPSA) is 47.9 Å². The van der Waals surface area contributed by atoms with Gasteiger partial charge < -0.3 is 18.4 Å². The Labute approximate surface area is 79.2 Å². The molecule has 2 aliphatic heterocycles. The van der Waals surface area contributed by atoms with Crippen LogP contribution in [0.15, 0.2) is 0 Å². The summed E-state index contributed by atoms with van der Waals surface area (Å²) in [5.74, 6) is 0. The lowest BCUT2D eigenvalue weighted by molar-refractivity contribution is -0.0432. The fourth-order valence-electron chi connectivity index (χ4n) is 1.83. The quantitative estimate of drug-likeness (QED) is 0.644. The van der Waals surface area contributed by atoms with Crippen molar-refractivity contribution in [1.82, 2.24) is 0 Å². The van der Waals surface area contributed by atoms with Gasteiger partial charge in [-0.3, -0.25) is 0 Å². The normalized spacial score (nSPS) is 50.1. The first-order valence-corrected chi connectivity index (χ1v) is 6.55. The summed E-state index contributed by atoms with van der Waals surface area (Å²) < 4.78 is 16.9. The zero-order valence-corrected chi connectivity index (χ0v) is 9.19. The predicted octanol–water partition coefficient (Wildman–Crippen LogP) is 0.878. The maximum Gasteiger partial charge on any atom is 0.506 e. The summed E-state index contributed by atoms with van der Waals surface area (Å²) in [5.41, 5.74) is 0.217. The molecule has 0 amide bonds. The van der Waals surface area contributed by atoms with Gasteiger partial charge in [0.15, 0.2) is 6.29 Å². The van der Waals surface area contributed by atoms with Gasteiger partial charge in [-0.1, -0.05) is 13.8 Å². The largest absolute Gasteiger partial charge is 0.506 e. The van der Waals surface area contributed by atoms with Gasteiger partial charge in [0.1, 0.15) is 6.10 Å². The molecular formula is C8H16O4Si. The van der Waals surface area contributed by atoms with Crippen LogP contribution in [0.25, 0.3) is 0 Å². The highest BCUT2D eigenvalue weighted by molar-refractivity contribution is 6.63. The Morgan fingerprint density at radius 2 is 2.00 bits per heavy atom. The molecule has 1 N–H and O–H groups in total. The molecule has 2 saturated heterocycles. The average molecular weight is 204 g/mol. The highest BCUT2D eigenvalue weighted by atomic mass is 28.4. The van der Waals surface area contributed by atoms with E-state index in [0.717, 1.165) is 6.42 Å². The van der Waals surface area contributed by atoms with E-state index in [4.69, 9.17) is 13.3 Å². The first-order valence-electron chi connectivity index (χ1n) is 4.75. The number of rotatable bonds is 1. The number of fused-ring (bicyclic) bond motifs is 2. The Morgan fingerprint density at radius 1 is 1.31 bits per heavy atom. The SMILES string of the molecule is CC1CC2O[Si](C(C)C)(O1)OC2O. The van der Waals surface area contributed by atoms with Gasteiger partial charge in [0.2, 0.25) is 0 Å². The van der Waals surface area contributed by atoms with Crippen LogP contribution in [-0.4, -0.2) is 32.4 Å². The predicted molar refractivity (Wildman–Crippen MR) is 48.0 cm³/mol. The van der Waals surface area contributed by atoms with Gasteiger partial charge in [-0.25, -0.2) is 0 Å². The van der Waals surface area contributed by atoms with E-state index >= 15 is 0 Å². The van der Waals surface area contributed by atoms with Gasteiger partial charge in [-0.05, 0) is 6.92 Å². The van der Waals surface area contributed by atoms with Crippen molar-refractivity contribution < 1.29 is 18.4 Å². The lowest BCUT2D eigenvalue weighted by atomic mass is 10.2. The van der Waals surface area contributed by atoms with Crippen molar-refractivity contribution in [3.63, 3.8) is 0 Å². The van der Waals surface area contributed by atoms with E-state index < -0.39 is 15.1 Å².